The van der Waals surface area contributed by atoms with Crippen molar-refractivity contribution in [2.45, 2.75) is 0 Å². The number of hydrogen-bond acceptors (Lipinski definition) is 4. The Hall–Kier alpha value is -5.97. The molecule has 1 aliphatic rings. The molecule has 2 aromatic heterocycles. The lowest BCUT2D eigenvalue weighted by molar-refractivity contribution is 0.669. The zero-order valence-electron chi connectivity index (χ0n) is 25.2. The van der Waals surface area contributed by atoms with Crippen LogP contribution in [-0.4, -0.2) is 4.98 Å². The Balaban J connectivity index is 1.19. The fourth-order valence-electron chi connectivity index (χ4n) is 7.11. The first kappa shape index (κ1) is 26.3. The topological polar surface area (TPSA) is 29.3 Å². The van der Waals surface area contributed by atoms with Crippen LogP contribution in [0.1, 0.15) is 0 Å². The maximum Gasteiger partial charge on any atom is 0.159 e. The molecule has 220 valence electrons. The molecule has 3 nitrogen and oxygen atoms in total. The van der Waals surface area contributed by atoms with E-state index >= 15 is 0 Å². The van der Waals surface area contributed by atoms with Gasteiger partial charge in [-0.15, -0.1) is 11.3 Å². The third-order valence-electron chi connectivity index (χ3n) is 9.26. The van der Waals surface area contributed by atoms with Crippen molar-refractivity contribution in [2.24, 2.45) is 0 Å². The van der Waals surface area contributed by atoms with Gasteiger partial charge in [0.15, 0.2) is 5.58 Å². The molecule has 0 fully saturated rings. The molecule has 0 aliphatic heterocycles. The number of furan rings is 1. The number of nitrogens with zero attached hydrogens (tertiary/aromatic N) is 2. The van der Waals surface area contributed by atoms with Crippen molar-refractivity contribution in [1.82, 2.24) is 4.98 Å². The summed E-state index contributed by atoms with van der Waals surface area (Å²) in [4.78, 5) is 8.78. The molecule has 1 aliphatic carbocycles. The molecule has 10 rings (SSSR count). The summed E-state index contributed by atoms with van der Waals surface area (Å²) in [5.41, 5.74) is 12.0. The highest BCUT2D eigenvalue weighted by Crippen LogP contribution is 2.54. The van der Waals surface area contributed by atoms with Crippen LogP contribution in [0.5, 0.6) is 0 Å². The van der Waals surface area contributed by atoms with Crippen LogP contribution < -0.4 is 4.90 Å². The third-order valence-corrected chi connectivity index (χ3v) is 10.4. The summed E-state index contributed by atoms with van der Waals surface area (Å²) in [5, 5.41) is 5.72. The first-order valence-corrected chi connectivity index (χ1v) is 16.6. The van der Waals surface area contributed by atoms with E-state index in [0.717, 1.165) is 55.3 Å². The Morgan fingerprint density at radius 3 is 2.00 bits per heavy atom. The average Bonchev–Trinajstić information content (AvgIpc) is 3.83. The fraction of sp³-hybridized carbons (Fsp3) is 0. The Kier molecular flexibility index (Phi) is 5.74. The standard InChI is InChI=1S/C43H26N2OS/c1-3-11-27(12-4-1)28-21-23-30(24-22-28)45(37-19-10-16-32-31-15-7-8-20-38(31)46-41(32)37)36-26-25-35-39-33(36)17-9-18-34(39)40-42(35)47-43(44-40)29-13-5-2-6-14-29/h1-26H. The van der Waals surface area contributed by atoms with Crippen LogP contribution in [0.2, 0.25) is 0 Å². The van der Waals surface area contributed by atoms with E-state index < -0.39 is 0 Å². The average molecular weight is 619 g/mol. The van der Waals surface area contributed by atoms with Crippen LogP contribution in [0.4, 0.5) is 17.1 Å². The highest BCUT2D eigenvalue weighted by atomic mass is 32.1. The Morgan fingerprint density at radius 2 is 1.17 bits per heavy atom. The third kappa shape index (κ3) is 4.02. The minimum atomic E-state index is 0.873. The summed E-state index contributed by atoms with van der Waals surface area (Å²) in [6.45, 7) is 0. The Morgan fingerprint density at radius 1 is 0.489 bits per heavy atom. The molecule has 4 heteroatoms. The molecule has 0 saturated carbocycles. The van der Waals surface area contributed by atoms with Crippen LogP contribution in [0.3, 0.4) is 0 Å². The van der Waals surface area contributed by atoms with Gasteiger partial charge in [0.25, 0.3) is 0 Å². The van der Waals surface area contributed by atoms with E-state index in [0.29, 0.717) is 0 Å². The number of hydrogen-bond donors (Lipinski definition) is 0. The fourth-order valence-corrected chi connectivity index (χ4v) is 8.23. The van der Waals surface area contributed by atoms with E-state index in [1.807, 2.05) is 12.1 Å². The van der Waals surface area contributed by atoms with Gasteiger partial charge in [-0.3, -0.25) is 0 Å². The first-order valence-electron chi connectivity index (χ1n) is 15.8. The Bertz CT molecular complexity index is 2590. The lowest BCUT2D eigenvalue weighted by atomic mass is 10.00. The minimum absolute atomic E-state index is 0.873. The lowest BCUT2D eigenvalue weighted by Crippen LogP contribution is -2.11. The molecule has 0 radical (unpaired) electrons. The van der Waals surface area contributed by atoms with Gasteiger partial charge in [0.2, 0.25) is 0 Å². The summed E-state index contributed by atoms with van der Waals surface area (Å²) in [7, 11) is 0. The van der Waals surface area contributed by atoms with E-state index in [1.165, 1.54) is 37.9 Å². The second kappa shape index (κ2) is 10.3. The molecule has 0 spiro atoms. The summed E-state index contributed by atoms with van der Waals surface area (Å²) in [5.74, 6) is 0. The molecule has 9 aromatic rings. The predicted molar refractivity (Wildman–Crippen MR) is 197 cm³/mol. The van der Waals surface area contributed by atoms with Crippen LogP contribution in [0, 0.1) is 0 Å². The number of thiazole rings is 1. The molecule has 0 saturated heterocycles. The normalized spacial score (nSPS) is 11.8. The second-order valence-corrected chi connectivity index (χ2v) is 12.9. The van der Waals surface area contributed by atoms with Crippen molar-refractivity contribution >= 4 is 61.1 Å². The van der Waals surface area contributed by atoms with E-state index in [9.17, 15) is 0 Å². The SMILES string of the molecule is c1ccc(-c2ccc(N(c3ccc4c5c(cccc35)-c3nc(-c5ccccc5)sc3-4)c3cccc4c3oc3ccccc34)cc2)cc1. The van der Waals surface area contributed by atoms with Crippen molar-refractivity contribution in [1.29, 1.82) is 0 Å². The zero-order chi connectivity index (χ0) is 30.9. The van der Waals surface area contributed by atoms with Gasteiger partial charge in [0, 0.05) is 43.9 Å². The number of fused-ring (bicyclic) bond motifs is 6. The smallest absolute Gasteiger partial charge is 0.159 e. The molecule has 0 bridgehead atoms. The molecule has 47 heavy (non-hydrogen) atoms. The van der Waals surface area contributed by atoms with Crippen LogP contribution in [0.25, 0.3) is 76.1 Å². The van der Waals surface area contributed by atoms with Crippen LogP contribution >= 0.6 is 11.3 Å². The number of rotatable bonds is 5. The summed E-state index contributed by atoms with van der Waals surface area (Å²) in [6.07, 6.45) is 0. The molecule has 0 N–H and O–H groups in total. The molecular weight excluding hydrogens is 593 g/mol. The highest BCUT2D eigenvalue weighted by molar-refractivity contribution is 7.19. The van der Waals surface area contributed by atoms with Crippen molar-refractivity contribution in [3.8, 4) is 43.4 Å². The van der Waals surface area contributed by atoms with Crippen molar-refractivity contribution in [3.63, 3.8) is 0 Å². The quantitative estimate of drug-likeness (QED) is 0.192. The van der Waals surface area contributed by atoms with Gasteiger partial charge < -0.3 is 9.32 Å². The number of anilines is 3. The van der Waals surface area contributed by atoms with E-state index in [4.69, 9.17) is 9.40 Å². The monoisotopic (exact) mass is 618 g/mol. The van der Waals surface area contributed by atoms with Gasteiger partial charge in [-0.05, 0) is 41.5 Å². The van der Waals surface area contributed by atoms with Gasteiger partial charge in [-0.25, -0.2) is 4.98 Å². The van der Waals surface area contributed by atoms with E-state index in [-0.39, 0.29) is 0 Å². The summed E-state index contributed by atoms with van der Waals surface area (Å²) >= 11 is 1.78. The van der Waals surface area contributed by atoms with Crippen LogP contribution in [0.15, 0.2) is 162 Å². The predicted octanol–water partition coefficient (Wildman–Crippen LogP) is 12.6. The number of para-hydroxylation sites is 2. The van der Waals surface area contributed by atoms with E-state index in [1.54, 1.807) is 11.3 Å². The zero-order valence-corrected chi connectivity index (χ0v) is 26.0. The van der Waals surface area contributed by atoms with Gasteiger partial charge in [0.1, 0.15) is 10.6 Å². The maximum absolute atomic E-state index is 6.62. The molecule has 0 amide bonds. The van der Waals surface area contributed by atoms with Gasteiger partial charge in [-0.2, -0.15) is 0 Å². The molecule has 0 atom stereocenters. The largest absolute Gasteiger partial charge is 0.454 e. The summed E-state index contributed by atoms with van der Waals surface area (Å²) in [6, 6.07) is 55.8. The second-order valence-electron chi connectivity index (χ2n) is 11.9. The van der Waals surface area contributed by atoms with E-state index in [2.05, 4.69) is 150 Å². The van der Waals surface area contributed by atoms with Crippen LogP contribution in [-0.2, 0) is 0 Å². The van der Waals surface area contributed by atoms with Crippen molar-refractivity contribution in [2.75, 3.05) is 4.90 Å². The molecule has 2 heterocycles. The summed E-state index contributed by atoms with van der Waals surface area (Å²) < 4.78 is 6.62. The van der Waals surface area contributed by atoms with Gasteiger partial charge in [0.05, 0.1) is 21.9 Å². The highest BCUT2D eigenvalue weighted by Gasteiger charge is 2.29. The molecular formula is C43H26N2OS. The van der Waals surface area contributed by atoms with Crippen molar-refractivity contribution < 1.29 is 4.42 Å². The Labute approximate surface area is 275 Å². The number of benzene rings is 7. The van der Waals surface area contributed by atoms with Crippen molar-refractivity contribution in [3.05, 3.63) is 158 Å². The first-order chi connectivity index (χ1) is 23.3. The lowest BCUT2D eigenvalue weighted by Gasteiger charge is -2.27. The number of aromatic nitrogens is 1. The van der Waals surface area contributed by atoms with Gasteiger partial charge >= 0.3 is 0 Å². The van der Waals surface area contributed by atoms with Gasteiger partial charge in [-0.1, -0.05) is 127 Å². The molecule has 7 aromatic carbocycles. The molecule has 0 unspecified atom stereocenters. The minimum Gasteiger partial charge on any atom is -0.454 e. The maximum atomic E-state index is 6.62.